The Morgan fingerprint density at radius 2 is 1.75 bits per heavy atom. The van der Waals surface area contributed by atoms with Gasteiger partial charge in [-0.15, -0.1) is 5.11 Å². The third-order valence-corrected chi connectivity index (χ3v) is 2.62. The van der Waals surface area contributed by atoms with Crippen molar-refractivity contribution >= 4 is 23.0 Å². The van der Waals surface area contributed by atoms with Crippen LogP contribution in [0.1, 0.15) is 5.56 Å². The van der Waals surface area contributed by atoms with Crippen LogP contribution in [0.2, 0.25) is 5.02 Å². The molecular formula is C13H8ClF3N2O. The number of rotatable bonds is 2. The number of hydrogen-bond acceptors (Lipinski definition) is 3. The van der Waals surface area contributed by atoms with E-state index in [0.29, 0.717) is 16.8 Å². The van der Waals surface area contributed by atoms with Crippen molar-refractivity contribution < 1.29 is 18.3 Å². The van der Waals surface area contributed by atoms with Gasteiger partial charge in [-0.3, -0.25) is 0 Å². The number of aromatic hydroxyl groups is 1. The van der Waals surface area contributed by atoms with E-state index >= 15 is 0 Å². The predicted octanol–water partition coefficient (Wildman–Crippen LogP) is 5.48. The molecule has 3 nitrogen and oxygen atoms in total. The van der Waals surface area contributed by atoms with Crippen LogP contribution in [0.4, 0.5) is 24.5 Å². The SMILES string of the molecule is Oc1cc(C(F)(F)F)ccc1/N=N/c1cccc(Cl)c1. The molecule has 2 aromatic rings. The Hall–Kier alpha value is -2.08. The highest BCUT2D eigenvalue weighted by Crippen LogP contribution is 2.36. The minimum Gasteiger partial charge on any atom is -0.506 e. The fourth-order valence-corrected chi connectivity index (χ4v) is 1.62. The maximum absolute atomic E-state index is 12.4. The number of hydrogen-bond donors (Lipinski definition) is 1. The fourth-order valence-electron chi connectivity index (χ4n) is 1.43. The van der Waals surface area contributed by atoms with E-state index in [0.717, 1.165) is 12.1 Å². The lowest BCUT2D eigenvalue weighted by molar-refractivity contribution is -0.137. The van der Waals surface area contributed by atoms with Gasteiger partial charge in [-0.2, -0.15) is 18.3 Å². The van der Waals surface area contributed by atoms with Crippen LogP contribution >= 0.6 is 11.6 Å². The Kier molecular flexibility index (Phi) is 3.94. The van der Waals surface area contributed by atoms with Gasteiger partial charge >= 0.3 is 6.18 Å². The summed E-state index contributed by atoms with van der Waals surface area (Å²) in [5.74, 6) is -0.592. The number of nitrogens with zero attached hydrogens (tertiary/aromatic N) is 2. The van der Waals surface area contributed by atoms with Gasteiger partial charge in [-0.1, -0.05) is 17.7 Å². The van der Waals surface area contributed by atoms with E-state index in [1.54, 1.807) is 18.2 Å². The summed E-state index contributed by atoms with van der Waals surface area (Å²) in [6.07, 6.45) is -4.51. The molecule has 0 unspecified atom stereocenters. The van der Waals surface area contributed by atoms with Gasteiger partial charge in [-0.25, -0.2) is 0 Å². The van der Waals surface area contributed by atoms with Crippen molar-refractivity contribution in [2.45, 2.75) is 6.18 Å². The molecule has 0 saturated heterocycles. The fraction of sp³-hybridized carbons (Fsp3) is 0.0769. The Morgan fingerprint density at radius 1 is 1.00 bits per heavy atom. The summed E-state index contributed by atoms with van der Waals surface area (Å²) in [5, 5.41) is 17.4. The molecular weight excluding hydrogens is 293 g/mol. The molecule has 20 heavy (non-hydrogen) atoms. The summed E-state index contributed by atoms with van der Waals surface area (Å²) >= 11 is 5.75. The number of alkyl halides is 3. The van der Waals surface area contributed by atoms with Crippen molar-refractivity contribution in [3.63, 3.8) is 0 Å². The van der Waals surface area contributed by atoms with Crippen LogP contribution in [0.3, 0.4) is 0 Å². The van der Waals surface area contributed by atoms with Crippen molar-refractivity contribution in [2.75, 3.05) is 0 Å². The largest absolute Gasteiger partial charge is 0.506 e. The van der Waals surface area contributed by atoms with Gasteiger partial charge in [0.1, 0.15) is 11.4 Å². The van der Waals surface area contributed by atoms with Crippen molar-refractivity contribution in [1.82, 2.24) is 0 Å². The molecule has 0 saturated carbocycles. The molecule has 0 aliphatic rings. The van der Waals surface area contributed by atoms with Crippen LogP contribution < -0.4 is 0 Å². The summed E-state index contributed by atoms with van der Waals surface area (Å²) in [7, 11) is 0. The molecule has 0 radical (unpaired) electrons. The van der Waals surface area contributed by atoms with Crippen molar-refractivity contribution in [1.29, 1.82) is 0 Å². The molecule has 1 N–H and O–H groups in total. The first kappa shape index (κ1) is 14.3. The normalized spacial score (nSPS) is 12.0. The predicted molar refractivity (Wildman–Crippen MR) is 68.7 cm³/mol. The first-order valence-electron chi connectivity index (χ1n) is 5.44. The second-order valence-electron chi connectivity index (χ2n) is 3.88. The zero-order valence-corrected chi connectivity index (χ0v) is 10.7. The Balaban J connectivity index is 2.26. The molecule has 0 atom stereocenters. The number of azo groups is 1. The summed E-state index contributed by atoms with van der Waals surface area (Å²) in [5.41, 5.74) is -0.577. The molecule has 0 fully saturated rings. The molecule has 104 valence electrons. The minimum atomic E-state index is -4.51. The quantitative estimate of drug-likeness (QED) is 0.733. The Labute approximate surface area is 117 Å². The maximum atomic E-state index is 12.4. The zero-order valence-electron chi connectivity index (χ0n) is 9.89. The average Bonchev–Trinajstić information content (AvgIpc) is 2.36. The van der Waals surface area contributed by atoms with Crippen LogP contribution in [0.5, 0.6) is 5.75 Å². The van der Waals surface area contributed by atoms with Gasteiger partial charge in [0.25, 0.3) is 0 Å². The van der Waals surface area contributed by atoms with Crippen LogP contribution in [0.15, 0.2) is 52.7 Å². The monoisotopic (exact) mass is 300 g/mol. The summed E-state index contributed by atoms with van der Waals surface area (Å²) < 4.78 is 37.2. The first-order valence-corrected chi connectivity index (χ1v) is 5.81. The van der Waals surface area contributed by atoms with E-state index in [-0.39, 0.29) is 5.69 Å². The summed E-state index contributed by atoms with van der Waals surface area (Å²) in [6.45, 7) is 0. The zero-order chi connectivity index (χ0) is 14.8. The molecule has 0 spiro atoms. The standard InChI is InChI=1S/C13H8ClF3N2O/c14-9-2-1-3-10(7-9)18-19-11-5-4-8(6-12(11)20)13(15,16)17/h1-7,20H/b19-18+. The number of halogens is 4. The van der Waals surface area contributed by atoms with E-state index in [1.165, 1.54) is 6.07 Å². The van der Waals surface area contributed by atoms with E-state index in [1.807, 2.05) is 0 Å². The highest BCUT2D eigenvalue weighted by atomic mass is 35.5. The van der Waals surface area contributed by atoms with Crippen molar-refractivity contribution in [3.8, 4) is 5.75 Å². The lowest BCUT2D eigenvalue weighted by atomic mass is 10.2. The molecule has 0 aliphatic heterocycles. The van der Waals surface area contributed by atoms with Crippen molar-refractivity contribution in [2.24, 2.45) is 10.2 Å². The second-order valence-corrected chi connectivity index (χ2v) is 4.32. The highest BCUT2D eigenvalue weighted by molar-refractivity contribution is 6.30. The first-order chi connectivity index (χ1) is 9.36. The Bertz CT molecular complexity index is 656. The van der Waals surface area contributed by atoms with Crippen LogP contribution in [0, 0.1) is 0 Å². The smallest absolute Gasteiger partial charge is 0.416 e. The van der Waals surface area contributed by atoms with Crippen LogP contribution in [-0.4, -0.2) is 5.11 Å². The van der Waals surface area contributed by atoms with Gasteiger partial charge in [0.2, 0.25) is 0 Å². The van der Waals surface area contributed by atoms with Gasteiger partial charge in [0.05, 0.1) is 11.3 Å². The topological polar surface area (TPSA) is 45.0 Å². The summed E-state index contributed by atoms with van der Waals surface area (Å²) in [6, 6.07) is 8.94. The average molecular weight is 301 g/mol. The van der Waals surface area contributed by atoms with E-state index in [4.69, 9.17) is 11.6 Å². The maximum Gasteiger partial charge on any atom is 0.416 e. The lowest BCUT2D eigenvalue weighted by Gasteiger charge is -2.07. The number of phenolic OH excluding ortho intramolecular Hbond substituents is 1. The molecule has 0 aliphatic carbocycles. The number of phenols is 1. The van der Waals surface area contributed by atoms with Gasteiger partial charge in [0, 0.05) is 5.02 Å². The molecule has 7 heteroatoms. The molecule has 0 amide bonds. The third-order valence-electron chi connectivity index (χ3n) is 2.38. The second kappa shape index (κ2) is 5.50. The minimum absolute atomic E-state index is 0.0574. The van der Waals surface area contributed by atoms with Crippen LogP contribution in [0.25, 0.3) is 0 Å². The van der Waals surface area contributed by atoms with E-state index in [9.17, 15) is 18.3 Å². The molecule has 2 rings (SSSR count). The lowest BCUT2D eigenvalue weighted by Crippen LogP contribution is -2.03. The van der Waals surface area contributed by atoms with E-state index < -0.39 is 17.5 Å². The Morgan fingerprint density at radius 3 is 2.35 bits per heavy atom. The van der Waals surface area contributed by atoms with E-state index in [2.05, 4.69) is 10.2 Å². The van der Waals surface area contributed by atoms with Gasteiger partial charge in [0.15, 0.2) is 0 Å². The summed E-state index contributed by atoms with van der Waals surface area (Å²) in [4.78, 5) is 0. The van der Waals surface area contributed by atoms with Gasteiger partial charge < -0.3 is 5.11 Å². The molecule has 2 aromatic carbocycles. The van der Waals surface area contributed by atoms with Gasteiger partial charge in [-0.05, 0) is 36.4 Å². The molecule has 0 bridgehead atoms. The molecule has 0 aromatic heterocycles. The third kappa shape index (κ3) is 3.48. The highest BCUT2D eigenvalue weighted by Gasteiger charge is 2.31. The number of benzene rings is 2. The van der Waals surface area contributed by atoms with Crippen molar-refractivity contribution in [3.05, 3.63) is 53.1 Å². The van der Waals surface area contributed by atoms with Crippen LogP contribution in [-0.2, 0) is 6.18 Å². The molecule has 0 heterocycles.